The lowest BCUT2D eigenvalue weighted by atomic mass is 10.4. The number of aryl methyl sites for hydroxylation is 1. The molecule has 8 heteroatoms. The molecule has 1 fully saturated rings. The van der Waals surface area contributed by atoms with Crippen LogP contribution >= 0.6 is 0 Å². The Labute approximate surface area is 123 Å². The average molecular weight is 310 g/mol. The van der Waals surface area contributed by atoms with Gasteiger partial charge in [0.25, 0.3) is 0 Å². The molecule has 3 N–H and O–H groups in total. The molecule has 2 aromatic rings. The van der Waals surface area contributed by atoms with Crippen LogP contribution in [0.15, 0.2) is 27.7 Å². The van der Waals surface area contributed by atoms with E-state index in [1.807, 2.05) is 0 Å². The molecule has 2 aromatic heterocycles. The normalized spacial score (nSPS) is 15.5. The molecule has 0 bridgehead atoms. The van der Waals surface area contributed by atoms with E-state index in [9.17, 15) is 8.42 Å². The smallest absolute Gasteiger partial charge is 0.242 e. The lowest BCUT2D eigenvalue weighted by Gasteiger charge is -2.02. The molecule has 0 atom stereocenters. The van der Waals surface area contributed by atoms with Crippen LogP contribution in [0.1, 0.15) is 30.0 Å². The minimum atomic E-state index is -3.55. The van der Waals surface area contributed by atoms with E-state index in [1.54, 1.807) is 19.1 Å². The number of nitrogens with zero attached hydrogens (tertiary/aromatic N) is 1. The quantitative estimate of drug-likeness (QED) is 0.709. The highest BCUT2D eigenvalue weighted by Gasteiger charge is 2.21. The number of hydrogen-bond donors (Lipinski definition) is 3. The number of aromatic nitrogens is 2. The lowest BCUT2D eigenvalue weighted by molar-refractivity contribution is 0.377. The second-order valence-corrected chi connectivity index (χ2v) is 7.04. The first-order chi connectivity index (χ1) is 10.0. The molecule has 1 aliphatic rings. The van der Waals surface area contributed by atoms with Crippen LogP contribution in [0.5, 0.6) is 0 Å². The van der Waals surface area contributed by atoms with Crippen LogP contribution in [0.25, 0.3) is 0 Å². The predicted molar refractivity (Wildman–Crippen MR) is 75.9 cm³/mol. The van der Waals surface area contributed by atoms with Crippen molar-refractivity contribution in [1.82, 2.24) is 20.2 Å². The van der Waals surface area contributed by atoms with Crippen molar-refractivity contribution in [3.8, 4) is 0 Å². The third-order valence-corrected chi connectivity index (χ3v) is 4.68. The van der Waals surface area contributed by atoms with Crippen LogP contribution in [0.2, 0.25) is 0 Å². The predicted octanol–water partition coefficient (Wildman–Crippen LogP) is 1.04. The van der Waals surface area contributed by atoms with Crippen molar-refractivity contribution in [2.24, 2.45) is 0 Å². The number of nitrogens with one attached hydrogen (secondary N) is 3. The average Bonchev–Trinajstić information content (AvgIpc) is 2.97. The van der Waals surface area contributed by atoms with E-state index < -0.39 is 10.0 Å². The Morgan fingerprint density at radius 2 is 2.19 bits per heavy atom. The summed E-state index contributed by atoms with van der Waals surface area (Å²) in [4.78, 5) is 3.21. The van der Waals surface area contributed by atoms with Crippen LogP contribution in [0.3, 0.4) is 0 Å². The molecule has 0 aliphatic heterocycles. The molecule has 0 unspecified atom stereocenters. The zero-order chi connectivity index (χ0) is 14.9. The fourth-order valence-electron chi connectivity index (χ4n) is 1.97. The molecule has 0 spiro atoms. The van der Waals surface area contributed by atoms with E-state index in [1.165, 1.54) is 19.0 Å². The fourth-order valence-corrected chi connectivity index (χ4v) is 2.98. The molecule has 0 aromatic carbocycles. The highest BCUT2D eigenvalue weighted by Crippen LogP contribution is 2.19. The van der Waals surface area contributed by atoms with Gasteiger partial charge in [0.1, 0.15) is 0 Å². The van der Waals surface area contributed by atoms with Gasteiger partial charge in [0.15, 0.2) is 5.76 Å². The summed E-state index contributed by atoms with van der Waals surface area (Å²) in [5.41, 5.74) is 1.58. The van der Waals surface area contributed by atoms with Crippen molar-refractivity contribution in [2.75, 3.05) is 0 Å². The molecule has 1 aliphatic carbocycles. The van der Waals surface area contributed by atoms with Crippen LogP contribution in [-0.4, -0.2) is 24.6 Å². The fraction of sp³-hybridized carbons (Fsp3) is 0.462. The van der Waals surface area contributed by atoms with Gasteiger partial charge in [-0.3, -0.25) is 0 Å². The van der Waals surface area contributed by atoms with E-state index in [2.05, 4.69) is 20.2 Å². The van der Waals surface area contributed by atoms with Gasteiger partial charge in [-0.05, 0) is 25.8 Å². The highest BCUT2D eigenvalue weighted by molar-refractivity contribution is 7.89. The summed E-state index contributed by atoms with van der Waals surface area (Å²) in [5.74, 6) is 0.488. The zero-order valence-electron chi connectivity index (χ0n) is 11.7. The Hall–Kier alpha value is -1.64. The summed E-state index contributed by atoms with van der Waals surface area (Å²) in [5, 5.41) is 7.05. The molecule has 114 valence electrons. The van der Waals surface area contributed by atoms with Crippen LogP contribution in [0, 0.1) is 6.92 Å². The van der Waals surface area contributed by atoms with Gasteiger partial charge in [-0.15, -0.1) is 0 Å². The molecule has 2 heterocycles. The topological polar surface area (TPSA) is 100 Å². The SMILES string of the molecule is Cc1cc(CNS(=O)(=O)c2c[nH]c(CNC3CC3)c2)on1. The number of sulfonamides is 1. The van der Waals surface area contributed by atoms with Gasteiger partial charge in [0, 0.05) is 30.5 Å². The first-order valence-electron chi connectivity index (χ1n) is 6.85. The first kappa shape index (κ1) is 14.3. The van der Waals surface area contributed by atoms with Gasteiger partial charge in [-0.25, -0.2) is 13.1 Å². The van der Waals surface area contributed by atoms with Gasteiger partial charge < -0.3 is 14.8 Å². The summed E-state index contributed by atoms with van der Waals surface area (Å²) in [6, 6.07) is 3.93. The van der Waals surface area contributed by atoms with Gasteiger partial charge >= 0.3 is 0 Å². The maximum atomic E-state index is 12.2. The molecule has 0 amide bonds. The summed E-state index contributed by atoms with van der Waals surface area (Å²) in [6.07, 6.45) is 3.89. The second-order valence-electron chi connectivity index (χ2n) is 5.27. The van der Waals surface area contributed by atoms with Crippen molar-refractivity contribution in [2.45, 2.75) is 43.8 Å². The Morgan fingerprint density at radius 1 is 1.38 bits per heavy atom. The third-order valence-electron chi connectivity index (χ3n) is 3.30. The summed E-state index contributed by atoms with van der Waals surface area (Å²) in [7, 11) is -3.55. The van der Waals surface area contributed by atoms with E-state index in [4.69, 9.17) is 4.52 Å². The van der Waals surface area contributed by atoms with Crippen LogP contribution in [0.4, 0.5) is 0 Å². The van der Waals surface area contributed by atoms with Crippen LogP contribution < -0.4 is 10.0 Å². The lowest BCUT2D eigenvalue weighted by Crippen LogP contribution is -2.22. The molecule has 0 saturated heterocycles. The Kier molecular flexibility index (Phi) is 3.83. The maximum Gasteiger partial charge on any atom is 0.242 e. The minimum Gasteiger partial charge on any atom is -0.363 e. The zero-order valence-corrected chi connectivity index (χ0v) is 12.5. The van der Waals surface area contributed by atoms with E-state index >= 15 is 0 Å². The monoisotopic (exact) mass is 310 g/mol. The van der Waals surface area contributed by atoms with E-state index in [0.717, 1.165) is 11.4 Å². The standard InChI is InChI=1S/C13H18N4O3S/c1-9-4-12(20-17-9)7-16-21(18,19)13-5-11(15-8-13)6-14-10-2-3-10/h4-5,8,10,14-16H,2-3,6-7H2,1H3. The molecule has 3 rings (SSSR count). The van der Waals surface area contributed by atoms with Gasteiger partial charge in [-0.2, -0.15) is 0 Å². The molecule has 7 nitrogen and oxygen atoms in total. The van der Waals surface area contributed by atoms with Crippen molar-refractivity contribution >= 4 is 10.0 Å². The van der Waals surface area contributed by atoms with E-state index in [-0.39, 0.29) is 11.4 Å². The Bertz CT molecular complexity index is 715. The van der Waals surface area contributed by atoms with Gasteiger partial charge in [-0.1, -0.05) is 5.16 Å². The van der Waals surface area contributed by atoms with Crippen molar-refractivity contribution in [1.29, 1.82) is 0 Å². The van der Waals surface area contributed by atoms with Gasteiger partial charge in [0.2, 0.25) is 10.0 Å². The molecule has 1 saturated carbocycles. The second kappa shape index (κ2) is 5.63. The summed E-state index contributed by atoms with van der Waals surface area (Å²) < 4.78 is 31.8. The first-order valence-corrected chi connectivity index (χ1v) is 8.34. The van der Waals surface area contributed by atoms with Crippen LogP contribution in [-0.2, 0) is 23.1 Å². The Morgan fingerprint density at radius 3 is 2.86 bits per heavy atom. The number of hydrogen-bond acceptors (Lipinski definition) is 5. The number of aromatic amines is 1. The molecular formula is C13H18N4O3S. The number of H-pyrrole nitrogens is 1. The molecular weight excluding hydrogens is 292 g/mol. The molecule has 21 heavy (non-hydrogen) atoms. The van der Waals surface area contributed by atoms with Crippen molar-refractivity contribution in [3.05, 3.63) is 35.5 Å². The Balaban J connectivity index is 1.60. The van der Waals surface area contributed by atoms with Crippen molar-refractivity contribution in [3.63, 3.8) is 0 Å². The summed E-state index contributed by atoms with van der Waals surface area (Å²) >= 11 is 0. The summed E-state index contributed by atoms with van der Waals surface area (Å²) in [6.45, 7) is 2.53. The van der Waals surface area contributed by atoms with Crippen molar-refractivity contribution < 1.29 is 12.9 Å². The largest absolute Gasteiger partial charge is 0.363 e. The van der Waals surface area contributed by atoms with E-state index in [0.29, 0.717) is 18.3 Å². The molecule has 0 radical (unpaired) electrons. The van der Waals surface area contributed by atoms with Gasteiger partial charge in [0.05, 0.1) is 17.1 Å². The maximum absolute atomic E-state index is 12.2. The number of rotatable bonds is 7. The highest BCUT2D eigenvalue weighted by atomic mass is 32.2. The third kappa shape index (κ3) is 3.72. The minimum absolute atomic E-state index is 0.0873.